The number of hydrogen-bond donors (Lipinski definition) is 1. The van der Waals surface area contributed by atoms with Gasteiger partial charge in [-0.05, 0) is 53.8 Å². The van der Waals surface area contributed by atoms with Gasteiger partial charge in [0.15, 0.2) is 0 Å². The predicted octanol–water partition coefficient (Wildman–Crippen LogP) is 3.17. The molecule has 2 heteroatoms. The third kappa shape index (κ3) is 0.768. The zero-order valence-corrected chi connectivity index (χ0v) is 11.0. The summed E-state index contributed by atoms with van der Waals surface area (Å²) < 4.78 is 0. The van der Waals surface area contributed by atoms with Crippen molar-refractivity contribution >= 4 is 5.97 Å². The lowest BCUT2D eigenvalue weighted by Crippen LogP contribution is -2.35. The van der Waals surface area contributed by atoms with Gasteiger partial charge in [0, 0.05) is 0 Å². The molecule has 0 spiro atoms. The van der Waals surface area contributed by atoms with Crippen LogP contribution in [0, 0.1) is 39.9 Å². The molecular formula is C15H22O2. The van der Waals surface area contributed by atoms with E-state index in [1.807, 2.05) is 0 Å². The highest BCUT2D eigenvalue weighted by Gasteiger charge is 2.91. The summed E-state index contributed by atoms with van der Waals surface area (Å²) in [6.07, 6.45) is 4.88. The van der Waals surface area contributed by atoms with Crippen molar-refractivity contribution in [1.29, 1.82) is 0 Å². The summed E-state index contributed by atoms with van der Waals surface area (Å²) >= 11 is 0. The maximum atomic E-state index is 11.9. The Balaban J connectivity index is 1.91. The quantitative estimate of drug-likeness (QED) is 0.756. The van der Waals surface area contributed by atoms with Crippen LogP contribution < -0.4 is 0 Å². The molecule has 0 radical (unpaired) electrons. The largest absolute Gasteiger partial charge is 0.481 e. The number of hydrogen-bond acceptors (Lipinski definition) is 1. The van der Waals surface area contributed by atoms with Crippen LogP contribution >= 0.6 is 0 Å². The van der Waals surface area contributed by atoms with E-state index in [0.717, 1.165) is 6.42 Å². The molecule has 6 atom stereocenters. The Labute approximate surface area is 103 Å². The molecule has 5 fully saturated rings. The van der Waals surface area contributed by atoms with Crippen LogP contribution in [0.5, 0.6) is 0 Å². The molecule has 6 bridgehead atoms. The summed E-state index contributed by atoms with van der Waals surface area (Å²) in [6.45, 7) is 7.07. The van der Waals surface area contributed by atoms with Gasteiger partial charge >= 0.3 is 5.97 Å². The summed E-state index contributed by atoms with van der Waals surface area (Å²) in [5, 5.41) is 9.79. The Hall–Kier alpha value is -0.530. The average Bonchev–Trinajstić information content (AvgIpc) is 2.51. The van der Waals surface area contributed by atoms with Gasteiger partial charge in [0.1, 0.15) is 0 Å². The first kappa shape index (κ1) is 10.4. The van der Waals surface area contributed by atoms with Gasteiger partial charge in [-0.1, -0.05) is 27.2 Å². The van der Waals surface area contributed by atoms with Gasteiger partial charge in [-0.2, -0.15) is 0 Å². The second kappa shape index (κ2) is 2.44. The van der Waals surface area contributed by atoms with Crippen molar-refractivity contribution in [2.75, 3.05) is 0 Å². The topological polar surface area (TPSA) is 37.3 Å². The van der Waals surface area contributed by atoms with E-state index in [-0.39, 0.29) is 10.8 Å². The number of aliphatic carboxylic acids is 1. The third-order valence-electron chi connectivity index (χ3n) is 7.30. The summed E-state index contributed by atoms with van der Waals surface area (Å²) in [7, 11) is 0. The van der Waals surface area contributed by atoms with E-state index in [1.54, 1.807) is 0 Å². The lowest BCUT2D eigenvalue weighted by atomic mass is 9.69. The summed E-state index contributed by atoms with van der Waals surface area (Å²) in [4.78, 5) is 11.9. The van der Waals surface area contributed by atoms with Gasteiger partial charge in [-0.25, -0.2) is 0 Å². The Morgan fingerprint density at radius 3 is 2.47 bits per heavy atom. The number of carbonyl (C=O) groups is 1. The highest BCUT2D eigenvalue weighted by molar-refractivity contribution is 5.83. The lowest BCUT2D eigenvalue weighted by molar-refractivity contribution is -0.149. The van der Waals surface area contributed by atoms with Gasteiger partial charge in [0.2, 0.25) is 0 Å². The van der Waals surface area contributed by atoms with Crippen molar-refractivity contribution in [2.24, 2.45) is 39.9 Å². The van der Waals surface area contributed by atoms with Gasteiger partial charge in [-0.15, -0.1) is 0 Å². The van der Waals surface area contributed by atoms with Crippen molar-refractivity contribution in [2.45, 2.75) is 46.5 Å². The van der Waals surface area contributed by atoms with Gasteiger partial charge < -0.3 is 5.11 Å². The van der Waals surface area contributed by atoms with Crippen molar-refractivity contribution in [3.8, 4) is 0 Å². The summed E-state index contributed by atoms with van der Waals surface area (Å²) in [6, 6.07) is 0. The standard InChI is InChI=1S/C15H22O2/c1-13(2)5-4-6-14(3)8-7-9-11(10(8)13)15(9,14)12(16)17/h8-11H,4-7H2,1-3H3,(H,16,17). The van der Waals surface area contributed by atoms with Gasteiger partial charge in [-0.3, -0.25) is 4.79 Å². The second-order valence-electron chi connectivity index (χ2n) is 7.93. The van der Waals surface area contributed by atoms with Crippen molar-refractivity contribution in [3.05, 3.63) is 0 Å². The Morgan fingerprint density at radius 2 is 1.82 bits per heavy atom. The molecule has 0 saturated heterocycles. The van der Waals surface area contributed by atoms with Crippen LogP contribution in [0.15, 0.2) is 0 Å². The van der Waals surface area contributed by atoms with Crippen LogP contribution in [0.2, 0.25) is 0 Å². The van der Waals surface area contributed by atoms with Gasteiger partial charge in [0.25, 0.3) is 0 Å². The smallest absolute Gasteiger partial charge is 0.310 e. The first-order valence-corrected chi connectivity index (χ1v) is 7.11. The van der Waals surface area contributed by atoms with Crippen molar-refractivity contribution < 1.29 is 9.90 Å². The molecule has 5 aliphatic carbocycles. The minimum absolute atomic E-state index is 0.118. The molecule has 0 aromatic rings. The minimum atomic E-state index is -0.474. The molecule has 94 valence electrons. The molecule has 0 aliphatic heterocycles. The number of carboxylic acid groups (broad SMARTS) is 1. The van der Waals surface area contributed by atoms with E-state index in [9.17, 15) is 9.90 Å². The molecular weight excluding hydrogens is 212 g/mol. The van der Waals surface area contributed by atoms with Gasteiger partial charge in [0.05, 0.1) is 5.41 Å². The van der Waals surface area contributed by atoms with Crippen molar-refractivity contribution in [3.63, 3.8) is 0 Å². The maximum absolute atomic E-state index is 11.9. The van der Waals surface area contributed by atoms with Crippen LogP contribution in [-0.4, -0.2) is 11.1 Å². The van der Waals surface area contributed by atoms with E-state index in [0.29, 0.717) is 29.1 Å². The highest BCUT2D eigenvalue weighted by Crippen LogP contribution is 2.91. The minimum Gasteiger partial charge on any atom is -0.481 e. The van der Waals surface area contributed by atoms with E-state index < -0.39 is 5.97 Å². The molecule has 5 aliphatic rings. The van der Waals surface area contributed by atoms with Crippen LogP contribution in [-0.2, 0) is 4.79 Å². The van der Waals surface area contributed by atoms with Crippen molar-refractivity contribution in [1.82, 2.24) is 0 Å². The Morgan fingerprint density at radius 1 is 1.12 bits per heavy atom. The zero-order valence-electron chi connectivity index (χ0n) is 11.0. The highest BCUT2D eigenvalue weighted by atomic mass is 16.4. The Kier molecular flexibility index (Phi) is 1.49. The molecule has 5 saturated carbocycles. The normalized spacial score (nSPS) is 61.1. The molecule has 17 heavy (non-hydrogen) atoms. The molecule has 0 aromatic heterocycles. The van der Waals surface area contributed by atoms with Crippen LogP contribution in [0.25, 0.3) is 0 Å². The fourth-order valence-electron chi connectivity index (χ4n) is 6.84. The molecule has 0 heterocycles. The summed E-state index contributed by atoms with van der Waals surface area (Å²) in [5.74, 6) is 1.96. The summed E-state index contributed by atoms with van der Waals surface area (Å²) in [5.41, 5.74) is 0.183. The Bertz CT molecular complexity index is 427. The van der Waals surface area contributed by atoms with E-state index >= 15 is 0 Å². The first-order chi connectivity index (χ1) is 7.87. The molecule has 0 amide bonds. The number of carboxylic acids is 1. The SMILES string of the molecule is CC1(C)CCCC2(C)C3CC4C(C31)C42C(=O)O. The molecule has 5 rings (SSSR count). The van der Waals surface area contributed by atoms with Crippen LogP contribution in [0.3, 0.4) is 0 Å². The zero-order chi connectivity index (χ0) is 12.2. The fourth-order valence-corrected chi connectivity index (χ4v) is 6.84. The molecule has 2 nitrogen and oxygen atoms in total. The molecule has 0 aromatic carbocycles. The fraction of sp³-hybridized carbons (Fsp3) is 0.933. The third-order valence-corrected chi connectivity index (χ3v) is 7.30. The average molecular weight is 234 g/mol. The predicted molar refractivity (Wildman–Crippen MR) is 64.4 cm³/mol. The van der Waals surface area contributed by atoms with E-state index in [4.69, 9.17) is 0 Å². The second-order valence-corrected chi connectivity index (χ2v) is 7.93. The van der Waals surface area contributed by atoms with E-state index in [1.165, 1.54) is 19.3 Å². The molecule has 1 N–H and O–H groups in total. The lowest BCUT2D eigenvalue weighted by Gasteiger charge is -2.35. The maximum Gasteiger partial charge on any atom is 0.310 e. The van der Waals surface area contributed by atoms with Crippen LogP contribution in [0.4, 0.5) is 0 Å². The monoisotopic (exact) mass is 234 g/mol. The molecule has 6 unspecified atom stereocenters. The number of rotatable bonds is 1. The van der Waals surface area contributed by atoms with Crippen LogP contribution in [0.1, 0.15) is 46.5 Å². The first-order valence-electron chi connectivity index (χ1n) is 7.11. The van der Waals surface area contributed by atoms with E-state index in [2.05, 4.69) is 20.8 Å².